The molecule has 7 nitrogen and oxygen atoms in total. The van der Waals surface area contributed by atoms with Crippen LogP contribution < -0.4 is 5.73 Å². The Morgan fingerprint density at radius 2 is 1.73 bits per heavy atom. The van der Waals surface area contributed by atoms with Gasteiger partial charge in [0.05, 0.1) is 6.54 Å². The first-order chi connectivity index (χ1) is 10.5. The Morgan fingerprint density at radius 1 is 1.05 bits per heavy atom. The second-order valence-corrected chi connectivity index (χ2v) is 6.02. The molecule has 0 aromatic rings. The van der Waals surface area contributed by atoms with Gasteiger partial charge in [0.25, 0.3) is 0 Å². The van der Waals surface area contributed by atoms with Gasteiger partial charge in [0.2, 0.25) is 17.7 Å². The zero-order valence-electron chi connectivity index (χ0n) is 13.3. The maximum atomic E-state index is 12.7. The van der Waals surface area contributed by atoms with Gasteiger partial charge in [-0.25, -0.2) is 0 Å². The number of amides is 3. The third-order valence-corrected chi connectivity index (χ3v) is 4.47. The molecule has 2 saturated heterocycles. The summed E-state index contributed by atoms with van der Waals surface area (Å²) in [6.45, 7) is 5.26. The number of piperidine rings is 1. The molecule has 0 aliphatic carbocycles. The molecule has 0 unspecified atom stereocenters. The zero-order chi connectivity index (χ0) is 16.1. The molecule has 0 radical (unpaired) electrons. The van der Waals surface area contributed by atoms with E-state index in [1.54, 1.807) is 4.90 Å². The molecule has 2 heterocycles. The summed E-state index contributed by atoms with van der Waals surface area (Å²) in [7, 11) is 0. The predicted molar refractivity (Wildman–Crippen MR) is 81.9 cm³/mol. The molecule has 7 heteroatoms. The van der Waals surface area contributed by atoms with Crippen molar-refractivity contribution in [3.8, 4) is 0 Å². The van der Waals surface area contributed by atoms with Gasteiger partial charge >= 0.3 is 0 Å². The average Bonchev–Trinajstić information content (AvgIpc) is 2.53. The summed E-state index contributed by atoms with van der Waals surface area (Å²) in [5.41, 5.74) is 5.20. The van der Waals surface area contributed by atoms with Crippen molar-refractivity contribution in [1.82, 2.24) is 14.7 Å². The molecule has 2 aliphatic heterocycles. The van der Waals surface area contributed by atoms with E-state index in [9.17, 15) is 14.4 Å². The monoisotopic (exact) mass is 310 g/mol. The van der Waals surface area contributed by atoms with E-state index in [1.165, 1.54) is 0 Å². The minimum absolute atomic E-state index is 0.0558. The summed E-state index contributed by atoms with van der Waals surface area (Å²) < 4.78 is 0. The topological polar surface area (TPSA) is 87.0 Å². The maximum Gasteiger partial charge on any atom is 0.245 e. The summed E-state index contributed by atoms with van der Waals surface area (Å²) in [6.07, 6.45) is 3.16. The second kappa shape index (κ2) is 7.58. The van der Waals surface area contributed by atoms with E-state index in [-0.39, 0.29) is 30.3 Å². The minimum Gasteiger partial charge on any atom is -0.369 e. The molecule has 2 N–H and O–H groups in total. The van der Waals surface area contributed by atoms with Gasteiger partial charge in [0.15, 0.2) is 0 Å². The van der Waals surface area contributed by atoms with Crippen LogP contribution in [0.25, 0.3) is 0 Å². The molecule has 1 atom stereocenters. The molecule has 0 aromatic heterocycles. The number of carbonyl (C=O) groups excluding carboxylic acids is 3. The molecule has 0 aromatic carbocycles. The van der Waals surface area contributed by atoms with Crippen molar-refractivity contribution in [2.75, 3.05) is 39.3 Å². The number of piperazine rings is 1. The van der Waals surface area contributed by atoms with Crippen LogP contribution in [0.1, 0.15) is 32.6 Å². The van der Waals surface area contributed by atoms with Crippen molar-refractivity contribution >= 4 is 17.7 Å². The highest BCUT2D eigenvalue weighted by Crippen LogP contribution is 2.20. The first kappa shape index (κ1) is 16.7. The van der Waals surface area contributed by atoms with Gasteiger partial charge in [-0.05, 0) is 19.3 Å². The van der Waals surface area contributed by atoms with Crippen LogP contribution in [0.3, 0.4) is 0 Å². The van der Waals surface area contributed by atoms with Crippen molar-refractivity contribution in [2.45, 2.75) is 38.6 Å². The van der Waals surface area contributed by atoms with Crippen LogP contribution in [0.4, 0.5) is 0 Å². The number of nitrogens with two attached hydrogens (primary N) is 1. The molecule has 2 aliphatic rings. The third-order valence-electron chi connectivity index (χ3n) is 4.47. The molecule has 2 rings (SSSR count). The van der Waals surface area contributed by atoms with Gasteiger partial charge in [0, 0.05) is 39.1 Å². The summed E-state index contributed by atoms with van der Waals surface area (Å²) in [6, 6.07) is -0.302. The van der Waals surface area contributed by atoms with Crippen LogP contribution in [0, 0.1) is 0 Å². The van der Waals surface area contributed by atoms with Crippen LogP contribution in [0.2, 0.25) is 0 Å². The van der Waals surface area contributed by atoms with Crippen molar-refractivity contribution < 1.29 is 14.4 Å². The number of hydrogen-bond donors (Lipinski definition) is 1. The smallest absolute Gasteiger partial charge is 0.245 e. The average molecular weight is 310 g/mol. The van der Waals surface area contributed by atoms with Crippen LogP contribution in [0.15, 0.2) is 0 Å². The van der Waals surface area contributed by atoms with Gasteiger partial charge in [0.1, 0.15) is 6.04 Å². The van der Waals surface area contributed by atoms with Crippen molar-refractivity contribution in [2.24, 2.45) is 5.73 Å². The van der Waals surface area contributed by atoms with E-state index in [1.807, 2.05) is 16.7 Å². The van der Waals surface area contributed by atoms with E-state index in [4.69, 9.17) is 5.73 Å². The SMILES string of the molecule is CCC(=O)N1CCCC[C@H]1C(=O)N1CCN(CC(N)=O)CC1. The molecular weight excluding hydrogens is 284 g/mol. The summed E-state index contributed by atoms with van der Waals surface area (Å²) in [5, 5.41) is 0. The lowest BCUT2D eigenvalue weighted by Gasteiger charge is -2.40. The molecule has 3 amide bonds. The zero-order valence-corrected chi connectivity index (χ0v) is 13.3. The third kappa shape index (κ3) is 3.97. The van der Waals surface area contributed by atoms with E-state index in [0.717, 1.165) is 19.3 Å². The van der Waals surface area contributed by atoms with Crippen LogP contribution in [0.5, 0.6) is 0 Å². The summed E-state index contributed by atoms with van der Waals surface area (Å²) in [5.74, 6) is -0.225. The lowest BCUT2D eigenvalue weighted by molar-refractivity contribution is -0.148. The Labute approximate surface area is 131 Å². The number of rotatable bonds is 4. The van der Waals surface area contributed by atoms with Gasteiger partial charge in [-0.1, -0.05) is 6.92 Å². The number of likely N-dealkylation sites (tertiary alicyclic amines) is 1. The standard InChI is InChI=1S/C15H26N4O3/c1-2-14(21)19-6-4-3-5-12(19)15(22)18-9-7-17(8-10-18)11-13(16)20/h12H,2-11H2,1H3,(H2,16,20)/t12-/m0/s1. The van der Waals surface area contributed by atoms with Gasteiger partial charge in [-0.2, -0.15) is 0 Å². The van der Waals surface area contributed by atoms with Crippen molar-refractivity contribution in [3.63, 3.8) is 0 Å². The highest BCUT2D eigenvalue weighted by atomic mass is 16.2. The number of nitrogens with zero attached hydrogens (tertiary/aromatic N) is 3. The van der Waals surface area contributed by atoms with E-state index in [0.29, 0.717) is 39.1 Å². The Balaban J connectivity index is 1.93. The predicted octanol–water partition coefficient (Wildman–Crippen LogP) is -0.593. The fourth-order valence-electron chi connectivity index (χ4n) is 3.25. The van der Waals surface area contributed by atoms with Crippen molar-refractivity contribution in [1.29, 1.82) is 0 Å². The second-order valence-electron chi connectivity index (χ2n) is 6.02. The van der Waals surface area contributed by atoms with Crippen molar-refractivity contribution in [3.05, 3.63) is 0 Å². The number of carbonyl (C=O) groups is 3. The Kier molecular flexibility index (Phi) is 5.76. The minimum atomic E-state index is -0.341. The van der Waals surface area contributed by atoms with E-state index < -0.39 is 0 Å². The van der Waals surface area contributed by atoms with Crippen LogP contribution in [-0.4, -0.2) is 77.7 Å². The highest BCUT2D eigenvalue weighted by molar-refractivity contribution is 5.88. The highest BCUT2D eigenvalue weighted by Gasteiger charge is 2.35. The van der Waals surface area contributed by atoms with Gasteiger partial charge < -0.3 is 15.5 Å². The molecule has 22 heavy (non-hydrogen) atoms. The largest absolute Gasteiger partial charge is 0.369 e. The molecule has 0 spiro atoms. The molecule has 0 bridgehead atoms. The van der Waals surface area contributed by atoms with Crippen LogP contribution in [-0.2, 0) is 14.4 Å². The Bertz CT molecular complexity index is 433. The summed E-state index contributed by atoms with van der Waals surface area (Å²) >= 11 is 0. The molecule has 124 valence electrons. The van der Waals surface area contributed by atoms with E-state index >= 15 is 0 Å². The first-order valence-electron chi connectivity index (χ1n) is 8.11. The molecular formula is C15H26N4O3. The van der Waals surface area contributed by atoms with Gasteiger partial charge in [-0.15, -0.1) is 0 Å². The quantitative estimate of drug-likeness (QED) is 0.752. The maximum absolute atomic E-state index is 12.7. The molecule has 0 saturated carbocycles. The Morgan fingerprint density at radius 3 is 2.32 bits per heavy atom. The lowest BCUT2D eigenvalue weighted by atomic mass is 10.00. The Hall–Kier alpha value is -1.63. The lowest BCUT2D eigenvalue weighted by Crippen LogP contribution is -2.57. The number of hydrogen-bond acceptors (Lipinski definition) is 4. The van der Waals surface area contributed by atoms with E-state index in [2.05, 4.69) is 0 Å². The van der Waals surface area contributed by atoms with Crippen LogP contribution >= 0.6 is 0 Å². The fraction of sp³-hybridized carbons (Fsp3) is 0.800. The van der Waals surface area contributed by atoms with Gasteiger partial charge in [-0.3, -0.25) is 19.3 Å². The first-order valence-corrected chi connectivity index (χ1v) is 8.11. The summed E-state index contributed by atoms with van der Waals surface area (Å²) in [4.78, 5) is 41.2. The normalized spacial score (nSPS) is 23.4. The molecule has 2 fully saturated rings. The fourth-order valence-corrected chi connectivity index (χ4v) is 3.25. The number of primary amides is 1.